The monoisotopic (exact) mass is 510 g/mol. The van der Waals surface area contributed by atoms with Crippen LogP contribution in [0.5, 0.6) is 23.0 Å². The summed E-state index contributed by atoms with van der Waals surface area (Å²) in [4.78, 5) is 13.6. The first-order valence-corrected chi connectivity index (χ1v) is 11.4. The first-order valence-electron chi connectivity index (χ1n) is 11.0. The van der Waals surface area contributed by atoms with Gasteiger partial charge in [-0.25, -0.2) is 15.0 Å². The van der Waals surface area contributed by atoms with Crippen LogP contribution in [-0.2, 0) is 6.54 Å². The van der Waals surface area contributed by atoms with Gasteiger partial charge >= 0.3 is 0 Å². The molecule has 10 nitrogen and oxygen atoms in total. The summed E-state index contributed by atoms with van der Waals surface area (Å²) >= 11 is 5.56. The maximum atomic E-state index is 5.56. The van der Waals surface area contributed by atoms with E-state index < -0.39 is 0 Å². The second kappa shape index (κ2) is 12.5. The molecule has 3 N–H and O–H groups in total. The van der Waals surface area contributed by atoms with Gasteiger partial charge in [-0.1, -0.05) is 18.2 Å². The number of aliphatic imine (C=N–C) groups is 1. The van der Waals surface area contributed by atoms with Crippen LogP contribution in [0.3, 0.4) is 0 Å². The average molecular weight is 511 g/mol. The third-order valence-corrected chi connectivity index (χ3v) is 5.17. The second-order valence-corrected chi connectivity index (χ2v) is 7.98. The van der Waals surface area contributed by atoms with Crippen molar-refractivity contribution in [2.24, 2.45) is 4.99 Å². The van der Waals surface area contributed by atoms with Crippen molar-refractivity contribution < 1.29 is 18.9 Å². The van der Waals surface area contributed by atoms with E-state index in [-0.39, 0.29) is 5.11 Å². The third kappa shape index (κ3) is 6.95. The number of guanidine groups is 1. The summed E-state index contributed by atoms with van der Waals surface area (Å²) in [6.07, 6.45) is 0. The lowest BCUT2D eigenvalue weighted by atomic mass is 10.2. The zero-order chi connectivity index (χ0) is 26.1. The molecule has 0 fully saturated rings. The van der Waals surface area contributed by atoms with Gasteiger partial charge in [0.25, 0.3) is 0 Å². The number of aromatic nitrogens is 2. The molecule has 3 rings (SSSR count). The Morgan fingerprint density at radius 3 is 2.03 bits per heavy atom. The lowest BCUT2D eigenvalue weighted by Crippen LogP contribution is -2.39. The second-order valence-electron chi connectivity index (χ2n) is 7.57. The molecule has 0 amide bonds. The SMILES string of the molecule is COc1ccccc1CN=C(NC(=S)Nc1cc(OC)c(OC)c(OC)c1)Nc1nc(C)cc(C)n1. The summed E-state index contributed by atoms with van der Waals surface area (Å²) in [5.74, 6) is 2.96. The van der Waals surface area contributed by atoms with E-state index in [1.165, 1.54) is 0 Å². The normalized spacial score (nSPS) is 10.9. The van der Waals surface area contributed by atoms with E-state index in [9.17, 15) is 0 Å². The molecule has 0 radical (unpaired) electrons. The van der Waals surface area contributed by atoms with Crippen molar-refractivity contribution in [2.45, 2.75) is 20.4 Å². The van der Waals surface area contributed by atoms with E-state index in [0.717, 1.165) is 22.7 Å². The highest BCUT2D eigenvalue weighted by molar-refractivity contribution is 7.80. The van der Waals surface area contributed by atoms with Gasteiger partial charge in [0.2, 0.25) is 17.7 Å². The van der Waals surface area contributed by atoms with Gasteiger partial charge < -0.3 is 29.6 Å². The Morgan fingerprint density at radius 2 is 1.44 bits per heavy atom. The number of rotatable bonds is 8. The van der Waals surface area contributed by atoms with Crippen molar-refractivity contribution in [1.29, 1.82) is 0 Å². The third-order valence-electron chi connectivity index (χ3n) is 4.97. The van der Waals surface area contributed by atoms with Crippen molar-refractivity contribution in [3.8, 4) is 23.0 Å². The molecule has 0 aliphatic rings. The predicted octanol–water partition coefficient (Wildman–Crippen LogP) is 4.08. The fourth-order valence-electron chi connectivity index (χ4n) is 3.42. The number of anilines is 2. The number of hydrogen-bond acceptors (Lipinski definition) is 8. The van der Waals surface area contributed by atoms with Crippen LogP contribution in [-0.4, -0.2) is 49.5 Å². The Hall–Kier alpha value is -4.12. The van der Waals surface area contributed by atoms with Crippen molar-refractivity contribution in [3.63, 3.8) is 0 Å². The van der Waals surface area contributed by atoms with Gasteiger partial charge in [0, 0.05) is 34.8 Å². The van der Waals surface area contributed by atoms with Crippen molar-refractivity contribution in [2.75, 3.05) is 39.1 Å². The molecule has 36 heavy (non-hydrogen) atoms. The fourth-order valence-corrected chi connectivity index (χ4v) is 3.63. The summed E-state index contributed by atoms with van der Waals surface area (Å²) < 4.78 is 21.7. The van der Waals surface area contributed by atoms with E-state index in [4.69, 9.17) is 31.2 Å². The van der Waals surface area contributed by atoms with Crippen LogP contribution >= 0.6 is 12.2 Å². The van der Waals surface area contributed by atoms with Gasteiger partial charge in [-0.2, -0.15) is 0 Å². The fraction of sp³-hybridized carbons (Fsp3) is 0.280. The first kappa shape index (κ1) is 26.5. The molecular weight excluding hydrogens is 480 g/mol. The smallest absolute Gasteiger partial charge is 0.229 e. The highest BCUT2D eigenvalue weighted by Crippen LogP contribution is 2.39. The lowest BCUT2D eigenvalue weighted by molar-refractivity contribution is 0.324. The molecule has 0 spiro atoms. The van der Waals surface area contributed by atoms with Crippen molar-refractivity contribution >= 4 is 34.9 Å². The van der Waals surface area contributed by atoms with Gasteiger partial charge in [0.1, 0.15) is 5.75 Å². The summed E-state index contributed by atoms with van der Waals surface area (Å²) in [6, 6.07) is 13.1. The first-order chi connectivity index (χ1) is 17.4. The highest BCUT2D eigenvalue weighted by atomic mass is 32.1. The van der Waals surface area contributed by atoms with Crippen LogP contribution in [0.1, 0.15) is 17.0 Å². The van der Waals surface area contributed by atoms with Crippen LogP contribution in [0, 0.1) is 13.8 Å². The van der Waals surface area contributed by atoms with Crippen molar-refractivity contribution in [3.05, 3.63) is 59.4 Å². The van der Waals surface area contributed by atoms with Gasteiger partial charge in [-0.15, -0.1) is 0 Å². The number of benzene rings is 2. The van der Waals surface area contributed by atoms with Gasteiger partial charge in [-0.3, -0.25) is 5.32 Å². The van der Waals surface area contributed by atoms with E-state index in [1.54, 1.807) is 40.6 Å². The summed E-state index contributed by atoms with van der Waals surface area (Å²) in [7, 11) is 6.27. The van der Waals surface area contributed by atoms with Gasteiger partial charge in [-0.05, 0) is 38.2 Å². The maximum absolute atomic E-state index is 5.56. The molecule has 11 heteroatoms. The molecule has 3 aromatic rings. The molecule has 1 heterocycles. The minimum atomic E-state index is 0.278. The molecule has 0 aliphatic carbocycles. The number of thiocarbonyl (C=S) groups is 1. The zero-order valence-electron chi connectivity index (χ0n) is 21.1. The Bertz CT molecular complexity index is 1210. The molecule has 190 valence electrons. The summed E-state index contributed by atoms with van der Waals surface area (Å²) in [5, 5.41) is 9.62. The van der Waals surface area contributed by atoms with Crippen LogP contribution < -0.4 is 34.9 Å². The Balaban J connectivity index is 1.85. The van der Waals surface area contributed by atoms with Crippen molar-refractivity contribution in [1.82, 2.24) is 15.3 Å². The highest BCUT2D eigenvalue weighted by Gasteiger charge is 2.15. The minimum absolute atomic E-state index is 0.278. The van der Waals surface area contributed by atoms with Crippen LogP contribution in [0.2, 0.25) is 0 Å². The Labute approximate surface area is 216 Å². The van der Waals surface area contributed by atoms with E-state index in [1.807, 2.05) is 44.2 Å². The number of para-hydroxylation sites is 1. The number of nitrogens with one attached hydrogen (secondary N) is 3. The number of ether oxygens (including phenoxy) is 4. The lowest BCUT2D eigenvalue weighted by Gasteiger charge is -2.17. The van der Waals surface area contributed by atoms with Gasteiger partial charge in [0.15, 0.2) is 16.6 Å². The largest absolute Gasteiger partial charge is 0.496 e. The van der Waals surface area contributed by atoms with Crippen LogP contribution in [0.25, 0.3) is 0 Å². The Kier molecular flexibility index (Phi) is 9.23. The number of methoxy groups -OCH3 is 4. The summed E-state index contributed by atoms with van der Waals surface area (Å²) in [5.41, 5.74) is 3.19. The number of nitrogens with zero attached hydrogens (tertiary/aromatic N) is 3. The molecule has 0 bridgehead atoms. The van der Waals surface area contributed by atoms with E-state index >= 15 is 0 Å². The molecular formula is C25H30N6O4S. The molecule has 0 aliphatic heterocycles. The van der Waals surface area contributed by atoms with Crippen LogP contribution in [0.4, 0.5) is 11.6 Å². The standard InChI is InChI=1S/C25H30N6O4S/c1-15-11-16(2)28-24(27-15)30-23(26-14-17-9-7-8-10-19(17)32-3)31-25(36)29-18-12-20(33-4)22(35-6)21(13-18)34-5/h7-13H,14H2,1-6H3,(H3,26,27,28,29,30,31,36). The predicted molar refractivity (Wildman–Crippen MR) is 145 cm³/mol. The van der Waals surface area contributed by atoms with E-state index in [0.29, 0.717) is 41.4 Å². The minimum Gasteiger partial charge on any atom is -0.496 e. The topological polar surface area (TPSA) is 111 Å². The van der Waals surface area contributed by atoms with E-state index in [2.05, 4.69) is 30.9 Å². The molecule has 0 saturated heterocycles. The molecule has 2 aromatic carbocycles. The molecule has 0 saturated carbocycles. The number of hydrogen-bond donors (Lipinski definition) is 3. The average Bonchev–Trinajstić information content (AvgIpc) is 2.86. The number of aryl methyl sites for hydroxylation is 2. The maximum Gasteiger partial charge on any atom is 0.229 e. The zero-order valence-corrected chi connectivity index (χ0v) is 21.9. The quantitative estimate of drug-likeness (QED) is 0.233. The molecule has 1 aromatic heterocycles. The molecule has 0 atom stereocenters. The van der Waals surface area contributed by atoms with Gasteiger partial charge in [0.05, 0.1) is 35.0 Å². The summed E-state index contributed by atoms with van der Waals surface area (Å²) in [6.45, 7) is 4.13. The Morgan fingerprint density at radius 1 is 0.833 bits per heavy atom. The van der Waals surface area contributed by atoms with Crippen LogP contribution in [0.15, 0.2) is 47.5 Å². The molecule has 0 unspecified atom stereocenters.